The van der Waals surface area contributed by atoms with Crippen molar-refractivity contribution >= 4 is 14.3 Å². The summed E-state index contributed by atoms with van der Waals surface area (Å²) >= 11 is 0. The topological polar surface area (TPSA) is 35.5 Å². The maximum absolute atomic E-state index is 12.3. The maximum atomic E-state index is 12.3. The molecule has 0 spiro atoms. The molecule has 4 heteroatoms. The molecule has 0 saturated heterocycles. The molecule has 0 aromatic heterocycles. The molecule has 2 saturated carbocycles. The lowest BCUT2D eigenvalue weighted by atomic mass is 9.61. The fourth-order valence-corrected chi connectivity index (χ4v) is 7.43. The Bertz CT molecular complexity index is 563. The van der Waals surface area contributed by atoms with Crippen LogP contribution in [0, 0.1) is 23.2 Å². The van der Waals surface area contributed by atoms with Crippen molar-refractivity contribution in [3.05, 3.63) is 0 Å². The Morgan fingerprint density at radius 1 is 1.13 bits per heavy atom. The van der Waals surface area contributed by atoms with Gasteiger partial charge in [-0.25, -0.2) is 0 Å². The van der Waals surface area contributed by atoms with Gasteiger partial charge < -0.3 is 9.16 Å². The first-order chi connectivity index (χ1) is 13.9. The molecule has 1 unspecified atom stereocenters. The van der Waals surface area contributed by atoms with E-state index in [1.54, 1.807) is 0 Å². The van der Waals surface area contributed by atoms with E-state index in [0.717, 1.165) is 19.3 Å². The number of carbonyl (C=O) groups excluding carboxylic acids is 1. The molecule has 3 nitrogen and oxygen atoms in total. The van der Waals surface area contributed by atoms with Crippen LogP contribution >= 0.6 is 0 Å². The average Bonchev–Trinajstić information content (AvgIpc) is 3.01. The van der Waals surface area contributed by atoms with Crippen molar-refractivity contribution in [1.29, 1.82) is 0 Å². The van der Waals surface area contributed by atoms with E-state index in [1.165, 1.54) is 32.1 Å². The highest BCUT2D eigenvalue weighted by Crippen LogP contribution is 2.59. The Labute approximate surface area is 188 Å². The predicted octanol–water partition coefficient (Wildman–Crippen LogP) is 7.74. The van der Waals surface area contributed by atoms with E-state index in [1.807, 2.05) is 0 Å². The smallest absolute Gasteiger partial charge is 0.306 e. The Hall–Kier alpha value is -0.353. The highest BCUT2D eigenvalue weighted by atomic mass is 28.4. The number of fused-ring (bicyclic) bond motifs is 1. The summed E-state index contributed by atoms with van der Waals surface area (Å²) in [6.45, 7) is 20.9. The lowest BCUT2D eigenvalue weighted by molar-refractivity contribution is -0.150. The van der Waals surface area contributed by atoms with Gasteiger partial charge in [0, 0.05) is 12.5 Å². The van der Waals surface area contributed by atoms with Crippen LogP contribution in [0.15, 0.2) is 0 Å². The Morgan fingerprint density at radius 3 is 2.33 bits per heavy atom. The molecule has 2 aliphatic carbocycles. The van der Waals surface area contributed by atoms with E-state index in [-0.39, 0.29) is 17.1 Å². The standard InChI is InChI=1S/C26H50O3Si/c1-10-20(11-2)28-24(27)17-14-19(3)21-15-16-22-23(13-12-18-26(21,22)7)29-30(8,9)25(4,5)6/h19-23H,10-18H2,1-9H3/t19-,21-,22+,23?,26-/m1/s1. The lowest BCUT2D eigenvalue weighted by Crippen LogP contribution is -2.50. The van der Waals surface area contributed by atoms with E-state index in [9.17, 15) is 4.79 Å². The monoisotopic (exact) mass is 438 g/mol. The van der Waals surface area contributed by atoms with E-state index < -0.39 is 8.32 Å². The normalized spacial score (nSPS) is 30.9. The Kier molecular flexibility index (Phi) is 8.69. The minimum atomic E-state index is -1.75. The van der Waals surface area contributed by atoms with Gasteiger partial charge >= 0.3 is 5.97 Å². The summed E-state index contributed by atoms with van der Waals surface area (Å²) < 4.78 is 12.6. The van der Waals surface area contributed by atoms with Gasteiger partial charge in [0.25, 0.3) is 0 Å². The van der Waals surface area contributed by atoms with Gasteiger partial charge in [-0.05, 0) is 86.2 Å². The zero-order chi connectivity index (χ0) is 22.7. The van der Waals surface area contributed by atoms with Crippen molar-refractivity contribution in [3.63, 3.8) is 0 Å². The molecule has 0 bridgehead atoms. The Morgan fingerprint density at radius 2 is 1.77 bits per heavy atom. The summed E-state index contributed by atoms with van der Waals surface area (Å²) in [7, 11) is -1.75. The zero-order valence-corrected chi connectivity index (χ0v) is 22.5. The van der Waals surface area contributed by atoms with E-state index >= 15 is 0 Å². The number of hydrogen-bond donors (Lipinski definition) is 0. The SMILES string of the molecule is CCC(CC)OC(=O)CC[C@@H](C)[C@H]1CC[C@H]2C(O[Si](C)(C)C(C)(C)C)CCC[C@]12C. The zero-order valence-electron chi connectivity index (χ0n) is 21.5. The first-order valence-corrected chi connectivity index (χ1v) is 15.6. The predicted molar refractivity (Wildman–Crippen MR) is 129 cm³/mol. The lowest BCUT2D eigenvalue weighted by Gasteiger charge is -2.50. The quantitative estimate of drug-likeness (QED) is 0.273. The van der Waals surface area contributed by atoms with Crippen molar-refractivity contribution < 1.29 is 14.0 Å². The summed E-state index contributed by atoms with van der Waals surface area (Å²) in [6, 6.07) is 0. The third-order valence-electron chi connectivity index (χ3n) is 9.09. The molecule has 2 rings (SSSR count). The van der Waals surface area contributed by atoms with Crippen LogP contribution in [0.5, 0.6) is 0 Å². The molecule has 0 aromatic rings. The molecule has 0 heterocycles. The first-order valence-electron chi connectivity index (χ1n) is 12.7. The van der Waals surface area contributed by atoms with Gasteiger partial charge in [-0.3, -0.25) is 4.79 Å². The van der Waals surface area contributed by atoms with Crippen molar-refractivity contribution in [3.8, 4) is 0 Å². The van der Waals surface area contributed by atoms with Crippen LogP contribution < -0.4 is 0 Å². The average molecular weight is 439 g/mol. The van der Waals surface area contributed by atoms with Crippen LogP contribution in [-0.4, -0.2) is 26.5 Å². The fourth-order valence-electron chi connectivity index (χ4n) is 6.04. The Balaban J connectivity index is 1.99. The van der Waals surface area contributed by atoms with E-state index in [0.29, 0.717) is 35.7 Å². The second-order valence-corrected chi connectivity index (χ2v) is 16.8. The fraction of sp³-hybridized carbons (Fsp3) is 0.962. The van der Waals surface area contributed by atoms with Crippen LogP contribution in [0.4, 0.5) is 0 Å². The van der Waals surface area contributed by atoms with Crippen molar-refractivity contribution in [2.45, 2.75) is 137 Å². The number of carbonyl (C=O) groups is 1. The van der Waals surface area contributed by atoms with Gasteiger partial charge in [0.15, 0.2) is 8.32 Å². The highest BCUT2D eigenvalue weighted by molar-refractivity contribution is 6.74. The number of ether oxygens (including phenoxy) is 1. The minimum Gasteiger partial charge on any atom is -0.462 e. The number of rotatable bonds is 9. The molecule has 0 amide bonds. The molecule has 2 fully saturated rings. The molecule has 0 radical (unpaired) electrons. The second-order valence-electron chi connectivity index (χ2n) is 12.0. The number of esters is 1. The molecule has 0 aromatic carbocycles. The first kappa shape index (κ1) is 25.9. The third kappa shape index (κ3) is 5.71. The number of hydrogen-bond acceptors (Lipinski definition) is 3. The van der Waals surface area contributed by atoms with Crippen LogP contribution in [0.3, 0.4) is 0 Å². The summed E-state index contributed by atoms with van der Waals surface area (Å²) in [6.07, 6.45) is 10.3. The van der Waals surface area contributed by atoms with Gasteiger partial charge in [-0.2, -0.15) is 0 Å². The van der Waals surface area contributed by atoms with Gasteiger partial charge in [0.2, 0.25) is 0 Å². The molecular weight excluding hydrogens is 388 g/mol. The molecule has 2 aliphatic rings. The van der Waals surface area contributed by atoms with Crippen molar-refractivity contribution in [2.24, 2.45) is 23.2 Å². The summed E-state index contributed by atoms with van der Waals surface area (Å²) in [4.78, 5) is 12.3. The molecule has 5 atom stereocenters. The van der Waals surface area contributed by atoms with Gasteiger partial charge in [0.1, 0.15) is 6.10 Å². The van der Waals surface area contributed by atoms with E-state index in [4.69, 9.17) is 9.16 Å². The van der Waals surface area contributed by atoms with Crippen LogP contribution in [-0.2, 0) is 14.0 Å². The minimum absolute atomic E-state index is 0.00182. The third-order valence-corrected chi connectivity index (χ3v) is 13.6. The summed E-state index contributed by atoms with van der Waals surface area (Å²) in [5, 5.41) is 0.265. The molecule has 0 aliphatic heterocycles. The second kappa shape index (κ2) is 10.1. The highest BCUT2D eigenvalue weighted by Gasteiger charge is 2.54. The molecule has 176 valence electrons. The largest absolute Gasteiger partial charge is 0.462 e. The van der Waals surface area contributed by atoms with Crippen LogP contribution in [0.2, 0.25) is 18.1 Å². The molecule has 0 N–H and O–H groups in total. The van der Waals surface area contributed by atoms with Crippen LogP contribution in [0.25, 0.3) is 0 Å². The van der Waals surface area contributed by atoms with Crippen molar-refractivity contribution in [2.75, 3.05) is 0 Å². The molecule has 30 heavy (non-hydrogen) atoms. The van der Waals surface area contributed by atoms with E-state index in [2.05, 4.69) is 61.6 Å². The summed E-state index contributed by atoms with van der Waals surface area (Å²) in [5.74, 6) is 1.96. The molecular formula is C26H50O3Si. The van der Waals surface area contributed by atoms with Gasteiger partial charge in [-0.15, -0.1) is 0 Å². The van der Waals surface area contributed by atoms with Gasteiger partial charge in [-0.1, -0.05) is 54.9 Å². The van der Waals surface area contributed by atoms with Gasteiger partial charge in [0.05, 0.1) is 0 Å². The summed E-state index contributed by atoms with van der Waals surface area (Å²) in [5.41, 5.74) is 0.365. The van der Waals surface area contributed by atoms with Crippen molar-refractivity contribution in [1.82, 2.24) is 0 Å². The maximum Gasteiger partial charge on any atom is 0.306 e. The van der Waals surface area contributed by atoms with Crippen LogP contribution in [0.1, 0.15) is 106 Å².